The number of carbonyl (C=O) groups is 1. The Bertz CT molecular complexity index is 519. The summed E-state index contributed by atoms with van der Waals surface area (Å²) in [6.45, 7) is 11.0. The van der Waals surface area contributed by atoms with Gasteiger partial charge in [-0.1, -0.05) is 0 Å². The quantitative estimate of drug-likeness (QED) is 0.681. The molecule has 0 saturated carbocycles. The van der Waals surface area contributed by atoms with Crippen molar-refractivity contribution in [1.29, 1.82) is 0 Å². The molecule has 0 unspecified atom stereocenters. The Labute approximate surface area is 139 Å². The van der Waals surface area contributed by atoms with Crippen LogP contribution in [0.1, 0.15) is 57.3 Å². The van der Waals surface area contributed by atoms with E-state index in [-0.39, 0.29) is 18.0 Å². The number of hydrogen-bond donors (Lipinski definition) is 0. The van der Waals surface area contributed by atoms with E-state index in [0.717, 1.165) is 25.4 Å². The molecular formula is C19H29NO3. The zero-order valence-corrected chi connectivity index (χ0v) is 14.8. The highest BCUT2D eigenvalue weighted by Gasteiger charge is 2.18. The van der Waals surface area contributed by atoms with Gasteiger partial charge in [0, 0.05) is 19.0 Å². The van der Waals surface area contributed by atoms with Crippen LogP contribution in [0, 0.1) is 0 Å². The maximum atomic E-state index is 12.6. The third-order valence-electron chi connectivity index (χ3n) is 3.84. The van der Waals surface area contributed by atoms with E-state index >= 15 is 0 Å². The molecular weight excluding hydrogens is 290 g/mol. The molecule has 0 aromatic heterocycles. The van der Waals surface area contributed by atoms with Gasteiger partial charge in [0.15, 0.2) is 5.78 Å². The molecule has 1 aromatic rings. The number of ether oxygens (including phenoxy) is 2. The van der Waals surface area contributed by atoms with Crippen LogP contribution in [-0.4, -0.2) is 42.5 Å². The fourth-order valence-electron chi connectivity index (χ4n) is 2.83. The minimum atomic E-state index is 0.0226. The van der Waals surface area contributed by atoms with Gasteiger partial charge in [-0.25, -0.2) is 0 Å². The number of rotatable bonds is 8. The van der Waals surface area contributed by atoms with E-state index in [2.05, 4.69) is 4.90 Å². The summed E-state index contributed by atoms with van der Waals surface area (Å²) < 4.78 is 11.6. The molecule has 1 fully saturated rings. The smallest absolute Gasteiger partial charge is 0.167 e. The van der Waals surface area contributed by atoms with E-state index < -0.39 is 0 Å². The van der Waals surface area contributed by atoms with Crippen LogP contribution in [0.4, 0.5) is 0 Å². The number of hydrogen-bond acceptors (Lipinski definition) is 4. The predicted molar refractivity (Wildman–Crippen MR) is 92.6 cm³/mol. The molecule has 0 radical (unpaired) electrons. The first kappa shape index (κ1) is 17.8. The van der Waals surface area contributed by atoms with Crippen LogP contribution in [0.3, 0.4) is 0 Å². The van der Waals surface area contributed by atoms with Crippen LogP contribution in [-0.2, 0) is 0 Å². The first-order valence-electron chi connectivity index (χ1n) is 8.68. The molecule has 0 bridgehead atoms. The summed E-state index contributed by atoms with van der Waals surface area (Å²) in [5.41, 5.74) is 0.661. The van der Waals surface area contributed by atoms with Crippen molar-refractivity contribution in [3.8, 4) is 11.5 Å². The Morgan fingerprint density at radius 3 is 2.35 bits per heavy atom. The van der Waals surface area contributed by atoms with Crippen LogP contribution in [0.25, 0.3) is 0 Å². The number of benzene rings is 1. The van der Waals surface area contributed by atoms with Gasteiger partial charge in [0.05, 0.1) is 17.8 Å². The Hall–Kier alpha value is -1.55. The van der Waals surface area contributed by atoms with E-state index in [9.17, 15) is 4.79 Å². The van der Waals surface area contributed by atoms with Crippen molar-refractivity contribution in [1.82, 2.24) is 4.90 Å². The lowest BCUT2D eigenvalue weighted by Gasteiger charge is -2.18. The van der Waals surface area contributed by atoms with Gasteiger partial charge in [-0.05, 0) is 65.8 Å². The Morgan fingerprint density at radius 2 is 1.74 bits per heavy atom. The number of likely N-dealkylation sites (tertiary alicyclic amines) is 1. The third kappa shape index (κ3) is 5.54. The Morgan fingerprint density at radius 1 is 1.09 bits per heavy atom. The number of ketones is 1. The Balaban J connectivity index is 2.09. The van der Waals surface area contributed by atoms with Crippen LogP contribution in [0.15, 0.2) is 18.2 Å². The number of nitrogens with zero attached hydrogens (tertiary/aromatic N) is 1. The average Bonchev–Trinajstić information content (AvgIpc) is 2.97. The second-order valence-corrected chi connectivity index (χ2v) is 6.71. The second kappa shape index (κ2) is 8.34. The maximum absolute atomic E-state index is 12.6. The molecule has 2 rings (SSSR count). The van der Waals surface area contributed by atoms with Crippen molar-refractivity contribution < 1.29 is 14.3 Å². The number of carbonyl (C=O) groups excluding carboxylic acids is 1. The standard InChI is InChI=1S/C19H29NO3/c1-14(2)22-16-7-8-17(19(13-16)23-15(3)4)18(21)9-12-20-10-5-6-11-20/h7-8,13-15H,5-6,9-12H2,1-4H3. The fraction of sp³-hybridized carbons (Fsp3) is 0.632. The SMILES string of the molecule is CC(C)Oc1ccc(C(=O)CCN2CCCC2)c(OC(C)C)c1. The molecule has 0 atom stereocenters. The summed E-state index contributed by atoms with van der Waals surface area (Å²) in [5, 5.41) is 0. The molecule has 1 aromatic carbocycles. The molecule has 0 N–H and O–H groups in total. The van der Waals surface area contributed by atoms with Crippen molar-refractivity contribution in [2.24, 2.45) is 0 Å². The molecule has 4 heteroatoms. The van der Waals surface area contributed by atoms with Gasteiger partial charge < -0.3 is 14.4 Å². The van der Waals surface area contributed by atoms with Gasteiger partial charge in [-0.3, -0.25) is 4.79 Å². The highest BCUT2D eigenvalue weighted by molar-refractivity contribution is 5.99. The van der Waals surface area contributed by atoms with Crippen molar-refractivity contribution in [2.45, 2.75) is 59.2 Å². The minimum Gasteiger partial charge on any atom is -0.491 e. The van der Waals surface area contributed by atoms with Crippen LogP contribution in [0.2, 0.25) is 0 Å². The van der Waals surface area contributed by atoms with Crippen molar-refractivity contribution in [3.05, 3.63) is 23.8 Å². The summed E-state index contributed by atoms with van der Waals surface area (Å²) in [6, 6.07) is 5.53. The van der Waals surface area contributed by atoms with E-state index in [1.807, 2.05) is 45.9 Å². The molecule has 1 saturated heterocycles. The van der Waals surface area contributed by atoms with Gasteiger partial charge in [0.2, 0.25) is 0 Å². The Kier molecular flexibility index (Phi) is 6.46. The van der Waals surface area contributed by atoms with Crippen LogP contribution in [0.5, 0.6) is 11.5 Å². The lowest BCUT2D eigenvalue weighted by molar-refractivity contribution is 0.0963. The molecule has 1 aliphatic heterocycles. The number of Topliss-reactive ketones (excluding diaryl/α,β-unsaturated/α-hetero) is 1. The summed E-state index contributed by atoms with van der Waals surface area (Å²) >= 11 is 0. The molecule has 23 heavy (non-hydrogen) atoms. The normalized spacial score (nSPS) is 15.4. The molecule has 0 aliphatic carbocycles. The molecule has 0 amide bonds. The van der Waals surface area contributed by atoms with Gasteiger partial charge in [-0.15, -0.1) is 0 Å². The topological polar surface area (TPSA) is 38.8 Å². The van der Waals surface area contributed by atoms with E-state index in [1.54, 1.807) is 0 Å². The predicted octanol–water partition coefficient (Wildman–Crippen LogP) is 3.93. The highest BCUT2D eigenvalue weighted by atomic mass is 16.5. The summed E-state index contributed by atoms with van der Waals surface area (Å²) in [7, 11) is 0. The summed E-state index contributed by atoms with van der Waals surface area (Å²) in [4.78, 5) is 14.9. The maximum Gasteiger partial charge on any atom is 0.167 e. The van der Waals surface area contributed by atoms with Crippen molar-refractivity contribution in [3.63, 3.8) is 0 Å². The summed E-state index contributed by atoms with van der Waals surface area (Å²) in [6.07, 6.45) is 3.15. The van der Waals surface area contributed by atoms with E-state index in [1.165, 1.54) is 12.8 Å². The highest BCUT2D eigenvalue weighted by Crippen LogP contribution is 2.28. The van der Waals surface area contributed by atoms with E-state index in [0.29, 0.717) is 17.7 Å². The average molecular weight is 319 g/mol. The zero-order valence-electron chi connectivity index (χ0n) is 14.8. The molecule has 1 aliphatic rings. The van der Waals surface area contributed by atoms with Gasteiger partial charge >= 0.3 is 0 Å². The molecule has 1 heterocycles. The van der Waals surface area contributed by atoms with Gasteiger partial charge in [0.25, 0.3) is 0 Å². The lowest BCUT2D eigenvalue weighted by Crippen LogP contribution is -2.23. The van der Waals surface area contributed by atoms with E-state index in [4.69, 9.17) is 9.47 Å². The molecule has 0 spiro atoms. The van der Waals surface area contributed by atoms with Gasteiger partial charge in [0.1, 0.15) is 11.5 Å². The monoisotopic (exact) mass is 319 g/mol. The fourth-order valence-corrected chi connectivity index (χ4v) is 2.83. The second-order valence-electron chi connectivity index (χ2n) is 6.71. The van der Waals surface area contributed by atoms with Crippen molar-refractivity contribution in [2.75, 3.05) is 19.6 Å². The molecule has 4 nitrogen and oxygen atoms in total. The van der Waals surface area contributed by atoms with Crippen LogP contribution >= 0.6 is 0 Å². The zero-order chi connectivity index (χ0) is 16.8. The lowest BCUT2D eigenvalue weighted by atomic mass is 10.1. The largest absolute Gasteiger partial charge is 0.491 e. The molecule has 128 valence electrons. The van der Waals surface area contributed by atoms with Gasteiger partial charge in [-0.2, -0.15) is 0 Å². The first-order chi connectivity index (χ1) is 11.0. The van der Waals surface area contributed by atoms with Crippen LogP contribution < -0.4 is 9.47 Å². The van der Waals surface area contributed by atoms with Crippen molar-refractivity contribution >= 4 is 5.78 Å². The third-order valence-corrected chi connectivity index (χ3v) is 3.84. The minimum absolute atomic E-state index is 0.0226. The first-order valence-corrected chi connectivity index (χ1v) is 8.68. The summed E-state index contributed by atoms with van der Waals surface area (Å²) in [5.74, 6) is 1.51.